The number of hydrazine groups is 1. The molecular formula is C22H16F2N4O2. The van der Waals surface area contributed by atoms with Crippen molar-refractivity contribution in [2.24, 2.45) is 0 Å². The van der Waals surface area contributed by atoms with E-state index in [2.05, 4.69) is 15.9 Å². The molecule has 0 radical (unpaired) electrons. The van der Waals surface area contributed by atoms with Crippen LogP contribution in [0.5, 0.6) is 0 Å². The van der Waals surface area contributed by atoms with Crippen molar-refractivity contribution >= 4 is 22.6 Å². The minimum Gasteiger partial charge on any atom is -0.355 e. The van der Waals surface area contributed by atoms with Crippen molar-refractivity contribution in [2.75, 3.05) is 5.01 Å². The molecule has 1 atom stereocenters. The fourth-order valence-corrected chi connectivity index (χ4v) is 3.57. The van der Waals surface area contributed by atoms with E-state index in [1.165, 1.54) is 24.3 Å². The highest BCUT2D eigenvalue weighted by atomic mass is 19.1. The Kier molecular flexibility index (Phi) is 4.04. The van der Waals surface area contributed by atoms with Gasteiger partial charge in [-0.15, -0.1) is 0 Å². The van der Waals surface area contributed by atoms with Crippen LogP contribution in [0, 0.1) is 11.6 Å². The van der Waals surface area contributed by atoms with Crippen LogP contribution in [0.2, 0.25) is 0 Å². The van der Waals surface area contributed by atoms with E-state index >= 15 is 0 Å². The number of rotatable bonds is 3. The molecule has 4 aromatic rings. The molecule has 5 rings (SSSR count). The molecule has 0 spiro atoms. The number of fused-ring (bicyclic) bond motifs is 1. The van der Waals surface area contributed by atoms with Crippen molar-refractivity contribution in [1.29, 1.82) is 0 Å². The van der Waals surface area contributed by atoms with Crippen LogP contribution in [-0.2, 0) is 5.66 Å². The van der Waals surface area contributed by atoms with Crippen LogP contribution >= 0.6 is 0 Å². The number of halogens is 2. The maximum atomic E-state index is 14.2. The second-order valence-electron chi connectivity index (χ2n) is 7.20. The first-order valence-corrected chi connectivity index (χ1v) is 9.25. The van der Waals surface area contributed by atoms with Gasteiger partial charge in [0.2, 0.25) is 0 Å². The number of hydrogen-bond donors (Lipinski definition) is 2. The van der Waals surface area contributed by atoms with E-state index in [-0.39, 0.29) is 11.5 Å². The number of carbonyl (C=O) groups is 1. The van der Waals surface area contributed by atoms with Crippen molar-refractivity contribution < 1.29 is 18.1 Å². The number of carbonyl (C=O) groups excluding carboxylic acids is 1. The molecular weight excluding hydrogens is 390 g/mol. The van der Waals surface area contributed by atoms with Crippen LogP contribution in [0.4, 0.5) is 19.3 Å². The molecule has 150 valence electrons. The summed E-state index contributed by atoms with van der Waals surface area (Å²) in [5.74, 6) is -0.370. The highest BCUT2D eigenvalue weighted by Crippen LogP contribution is 2.33. The monoisotopic (exact) mass is 406 g/mol. The van der Waals surface area contributed by atoms with E-state index < -0.39 is 17.5 Å². The van der Waals surface area contributed by atoms with Gasteiger partial charge in [-0.1, -0.05) is 23.4 Å². The Bertz CT molecular complexity index is 1270. The average Bonchev–Trinajstić information content (AvgIpc) is 3.30. The van der Waals surface area contributed by atoms with Crippen molar-refractivity contribution in [3.8, 4) is 11.3 Å². The Labute approximate surface area is 170 Å². The Morgan fingerprint density at radius 3 is 2.57 bits per heavy atom. The van der Waals surface area contributed by atoms with Crippen LogP contribution in [0.1, 0.15) is 12.5 Å². The first kappa shape index (κ1) is 18.3. The Balaban J connectivity index is 1.54. The largest absolute Gasteiger partial charge is 0.355 e. The summed E-state index contributed by atoms with van der Waals surface area (Å²) in [6, 6.07) is 16.9. The lowest BCUT2D eigenvalue weighted by Gasteiger charge is -2.25. The maximum absolute atomic E-state index is 14.2. The molecule has 0 aliphatic carbocycles. The standard InChI is InChI=1S/C22H16F2N4O2/c1-22(25-21(29)28(27-22)19-5-3-2-4-17(19)24)14-8-11-18-16(12-14)20(30-26-18)13-6-9-15(23)10-7-13/h2-12,27H,1H3,(H,25,29). The van der Waals surface area contributed by atoms with Gasteiger partial charge >= 0.3 is 6.03 Å². The van der Waals surface area contributed by atoms with E-state index in [1.54, 1.807) is 43.3 Å². The fraction of sp³-hybridized carbons (Fsp3) is 0.0909. The number of nitrogens with one attached hydrogen (secondary N) is 2. The summed E-state index contributed by atoms with van der Waals surface area (Å²) >= 11 is 0. The third-order valence-electron chi connectivity index (χ3n) is 5.15. The zero-order valence-corrected chi connectivity index (χ0v) is 15.8. The SMILES string of the molecule is CC1(c2ccc3noc(-c4ccc(F)cc4)c3c2)NC(=O)N(c2ccccc2F)N1. The number of anilines is 1. The molecule has 0 bridgehead atoms. The van der Waals surface area contributed by atoms with E-state index in [4.69, 9.17) is 4.52 Å². The minimum absolute atomic E-state index is 0.122. The first-order chi connectivity index (χ1) is 14.4. The summed E-state index contributed by atoms with van der Waals surface area (Å²) in [5, 5.41) is 8.77. The third kappa shape index (κ3) is 2.89. The van der Waals surface area contributed by atoms with Gasteiger partial charge in [0.25, 0.3) is 0 Å². The third-order valence-corrected chi connectivity index (χ3v) is 5.15. The van der Waals surface area contributed by atoms with Gasteiger partial charge in [0.1, 0.15) is 22.8 Å². The van der Waals surface area contributed by atoms with Gasteiger partial charge in [0.15, 0.2) is 5.76 Å². The molecule has 1 aliphatic heterocycles. The number of amides is 2. The van der Waals surface area contributed by atoms with Gasteiger partial charge in [-0.25, -0.2) is 18.6 Å². The van der Waals surface area contributed by atoms with Crippen molar-refractivity contribution in [2.45, 2.75) is 12.6 Å². The highest BCUT2D eigenvalue weighted by molar-refractivity contribution is 5.95. The Morgan fingerprint density at radius 1 is 1.03 bits per heavy atom. The smallest absolute Gasteiger partial charge is 0.338 e. The normalized spacial score (nSPS) is 18.8. The van der Waals surface area contributed by atoms with Gasteiger partial charge < -0.3 is 9.84 Å². The molecule has 30 heavy (non-hydrogen) atoms. The molecule has 1 fully saturated rings. The van der Waals surface area contributed by atoms with Gasteiger partial charge in [-0.3, -0.25) is 0 Å². The van der Waals surface area contributed by atoms with Crippen molar-refractivity contribution in [3.63, 3.8) is 0 Å². The fourth-order valence-electron chi connectivity index (χ4n) is 3.57. The van der Waals surface area contributed by atoms with E-state index in [9.17, 15) is 13.6 Å². The minimum atomic E-state index is -0.995. The molecule has 2 N–H and O–H groups in total. The number of hydrogen-bond acceptors (Lipinski definition) is 4. The summed E-state index contributed by atoms with van der Waals surface area (Å²) < 4.78 is 33.0. The quantitative estimate of drug-likeness (QED) is 0.518. The van der Waals surface area contributed by atoms with Gasteiger partial charge in [0.05, 0.1) is 11.1 Å². The van der Waals surface area contributed by atoms with Crippen LogP contribution in [0.25, 0.3) is 22.2 Å². The van der Waals surface area contributed by atoms with E-state index in [0.717, 1.165) is 5.01 Å². The number of para-hydroxylation sites is 1. The zero-order valence-electron chi connectivity index (χ0n) is 15.8. The summed E-state index contributed by atoms with van der Waals surface area (Å²) in [6.07, 6.45) is 0. The van der Waals surface area contributed by atoms with Crippen LogP contribution in [-0.4, -0.2) is 11.2 Å². The van der Waals surface area contributed by atoms with Crippen molar-refractivity contribution in [3.05, 3.63) is 83.9 Å². The molecule has 6 nitrogen and oxygen atoms in total. The van der Waals surface area contributed by atoms with Crippen LogP contribution < -0.4 is 15.8 Å². The molecule has 1 aromatic heterocycles. The number of urea groups is 1. The number of nitrogens with zero attached hydrogens (tertiary/aromatic N) is 2. The molecule has 2 amide bonds. The lowest BCUT2D eigenvalue weighted by molar-refractivity contribution is 0.247. The molecule has 8 heteroatoms. The summed E-state index contributed by atoms with van der Waals surface area (Å²) in [4.78, 5) is 12.6. The molecule has 3 aromatic carbocycles. The Hall–Kier alpha value is -3.78. The number of benzene rings is 3. The summed E-state index contributed by atoms with van der Waals surface area (Å²) in [6.45, 7) is 1.78. The van der Waals surface area contributed by atoms with Gasteiger partial charge in [-0.05, 0) is 61.0 Å². The molecule has 2 heterocycles. The molecule has 1 saturated heterocycles. The predicted octanol–water partition coefficient (Wildman–Crippen LogP) is 4.68. The highest BCUT2D eigenvalue weighted by Gasteiger charge is 2.41. The summed E-state index contributed by atoms with van der Waals surface area (Å²) in [7, 11) is 0. The first-order valence-electron chi connectivity index (χ1n) is 9.25. The average molecular weight is 406 g/mol. The second kappa shape index (κ2) is 6.64. The lowest BCUT2D eigenvalue weighted by Crippen LogP contribution is -2.45. The van der Waals surface area contributed by atoms with Crippen molar-refractivity contribution in [1.82, 2.24) is 15.9 Å². The predicted molar refractivity (Wildman–Crippen MR) is 107 cm³/mol. The second-order valence-corrected chi connectivity index (χ2v) is 7.20. The topological polar surface area (TPSA) is 70.4 Å². The summed E-state index contributed by atoms with van der Waals surface area (Å²) in [5.41, 5.74) is 4.19. The Morgan fingerprint density at radius 2 is 1.80 bits per heavy atom. The van der Waals surface area contributed by atoms with Crippen LogP contribution in [0.15, 0.2) is 71.3 Å². The van der Waals surface area contributed by atoms with Gasteiger partial charge in [-0.2, -0.15) is 5.43 Å². The molecule has 1 unspecified atom stereocenters. The lowest BCUT2D eigenvalue weighted by atomic mass is 9.99. The zero-order chi connectivity index (χ0) is 20.9. The number of aromatic nitrogens is 1. The van der Waals surface area contributed by atoms with E-state index in [0.29, 0.717) is 27.8 Å². The van der Waals surface area contributed by atoms with Gasteiger partial charge in [0, 0.05) is 5.56 Å². The molecule has 0 saturated carbocycles. The van der Waals surface area contributed by atoms with Crippen LogP contribution in [0.3, 0.4) is 0 Å². The van der Waals surface area contributed by atoms with E-state index in [1.807, 2.05) is 6.07 Å². The molecule has 1 aliphatic rings. The maximum Gasteiger partial charge on any atom is 0.338 e.